The van der Waals surface area contributed by atoms with Gasteiger partial charge in [0, 0.05) is 41.1 Å². The zero-order valence-corrected chi connectivity index (χ0v) is 14.4. The first kappa shape index (κ1) is 16.5. The lowest BCUT2D eigenvalue weighted by Gasteiger charge is -2.26. The van der Waals surface area contributed by atoms with E-state index in [1.165, 1.54) is 0 Å². The molecule has 0 aliphatic heterocycles. The van der Waals surface area contributed by atoms with Gasteiger partial charge in [-0.05, 0) is 37.5 Å². The fourth-order valence-electron chi connectivity index (χ4n) is 3.06. The standard InChI is InChI=1S/C19H24N4O/c1-13(2)10-19(3,20)12-24-14-6-8-21-17(9-14)16-11-23-18-15(16)5-4-7-22-18/h4-9,11,13H,10,12,20H2,1-3H3,(H,22,23)/t19-/m0/s1. The van der Waals surface area contributed by atoms with Crippen LogP contribution in [0.25, 0.3) is 22.3 Å². The minimum Gasteiger partial charge on any atom is -0.492 e. The zero-order valence-electron chi connectivity index (χ0n) is 14.4. The molecule has 3 heterocycles. The van der Waals surface area contributed by atoms with Gasteiger partial charge in [-0.2, -0.15) is 0 Å². The SMILES string of the molecule is CC(C)C[C@](C)(N)COc1ccnc(-c2c[nH]c3ncccc23)c1. The topological polar surface area (TPSA) is 76.8 Å². The van der Waals surface area contributed by atoms with Gasteiger partial charge in [0.25, 0.3) is 0 Å². The number of aromatic amines is 1. The van der Waals surface area contributed by atoms with Crippen LogP contribution in [0.3, 0.4) is 0 Å². The van der Waals surface area contributed by atoms with Gasteiger partial charge < -0.3 is 15.5 Å². The minimum absolute atomic E-state index is 0.345. The maximum Gasteiger partial charge on any atom is 0.137 e. The Morgan fingerprint density at radius 3 is 2.88 bits per heavy atom. The molecule has 0 bridgehead atoms. The Labute approximate surface area is 142 Å². The fourth-order valence-corrected chi connectivity index (χ4v) is 3.06. The first-order valence-electron chi connectivity index (χ1n) is 8.25. The van der Waals surface area contributed by atoms with E-state index in [1.54, 1.807) is 12.4 Å². The van der Waals surface area contributed by atoms with Crippen molar-refractivity contribution in [2.24, 2.45) is 11.7 Å². The van der Waals surface area contributed by atoms with Crippen LogP contribution in [0, 0.1) is 5.92 Å². The van der Waals surface area contributed by atoms with E-state index in [2.05, 4.69) is 28.8 Å². The molecule has 0 saturated heterocycles. The molecule has 0 radical (unpaired) electrons. The van der Waals surface area contributed by atoms with Crippen LogP contribution in [-0.4, -0.2) is 27.1 Å². The maximum absolute atomic E-state index is 6.32. The van der Waals surface area contributed by atoms with Crippen LogP contribution in [0.2, 0.25) is 0 Å². The van der Waals surface area contributed by atoms with Crippen molar-refractivity contribution in [2.45, 2.75) is 32.7 Å². The summed E-state index contributed by atoms with van der Waals surface area (Å²) in [7, 11) is 0. The van der Waals surface area contributed by atoms with Crippen LogP contribution < -0.4 is 10.5 Å². The Morgan fingerprint density at radius 2 is 2.08 bits per heavy atom. The smallest absolute Gasteiger partial charge is 0.137 e. The highest BCUT2D eigenvalue weighted by molar-refractivity contribution is 5.92. The molecule has 3 rings (SSSR count). The third kappa shape index (κ3) is 3.74. The van der Waals surface area contributed by atoms with E-state index in [0.29, 0.717) is 12.5 Å². The summed E-state index contributed by atoms with van der Waals surface area (Å²) in [5, 5.41) is 1.05. The normalized spacial score (nSPS) is 14.0. The van der Waals surface area contributed by atoms with Gasteiger partial charge in [0.05, 0.1) is 5.69 Å². The molecular formula is C19H24N4O. The molecule has 3 aromatic heterocycles. The molecule has 0 aliphatic rings. The molecule has 0 saturated carbocycles. The summed E-state index contributed by atoms with van der Waals surface area (Å²) in [6.45, 7) is 6.84. The summed E-state index contributed by atoms with van der Waals surface area (Å²) >= 11 is 0. The van der Waals surface area contributed by atoms with E-state index >= 15 is 0 Å². The first-order valence-corrected chi connectivity index (χ1v) is 8.25. The summed E-state index contributed by atoms with van der Waals surface area (Å²) in [6.07, 6.45) is 6.37. The van der Waals surface area contributed by atoms with Gasteiger partial charge in [-0.25, -0.2) is 4.98 Å². The Kier molecular flexibility index (Phi) is 4.53. The van der Waals surface area contributed by atoms with Crippen molar-refractivity contribution < 1.29 is 4.74 Å². The van der Waals surface area contributed by atoms with E-state index in [1.807, 2.05) is 37.4 Å². The Hall–Kier alpha value is -2.40. The molecule has 5 nitrogen and oxygen atoms in total. The Balaban J connectivity index is 1.80. The average molecular weight is 324 g/mol. The van der Waals surface area contributed by atoms with E-state index in [0.717, 1.165) is 34.5 Å². The second-order valence-electron chi connectivity index (χ2n) is 7.02. The van der Waals surface area contributed by atoms with Crippen molar-refractivity contribution in [1.82, 2.24) is 15.0 Å². The predicted octanol–water partition coefficient (Wildman–Crippen LogP) is 3.77. The summed E-state index contributed by atoms with van der Waals surface area (Å²) in [6, 6.07) is 7.76. The van der Waals surface area contributed by atoms with Gasteiger partial charge in [0.15, 0.2) is 0 Å². The number of fused-ring (bicyclic) bond motifs is 1. The Bertz CT molecular complexity index is 823. The lowest BCUT2D eigenvalue weighted by atomic mass is 9.93. The Morgan fingerprint density at radius 1 is 1.25 bits per heavy atom. The highest BCUT2D eigenvalue weighted by Gasteiger charge is 2.21. The van der Waals surface area contributed by atoms with Crippen molar-refractivity contribution in [3.63, 3.8) is 0 Å². The summed E-state index contributed by atoms with van der Waals surface area (Å²) in [5.41, 5.74) is 8.70. The number of pyridine rings is 2. The summed E-state index contributed by atoms with van der Waals surface area (Å²) < 4.78 is 5.93. The molecule has 0 fully saturated rings. The number of rotatable bonds is 6. The van der Waals surface area contributed by atoms with Crippen LogP contribution in [0.4, 0.5) is 0 Å². The van der Waals surface area contributed by atoms with Crippen molar-refractivity contribution in [3.8, 4) is 17.0 Å². The molecule has 126 valence electrons. The average Bonchev–Trinajstić information content (AvgIpc) is 2.96. The van der Waals surface area contributed by atoms with E-state index in [9.17, 15) is 0 Å². The van der Waals surface area contributed by atoms with Gasteiger partial charge >= 0.3 is 0 Å². The van der Waals surface area contributed by atoms with Crippen LogP contribution in [0.1, 0.15) is 27.2 Å². The van der Waals surface area contributed by atoms with Gasteiger partial charge in [-0.1, -0.05) is 13.8 Å². The second kappa shape index (κ2) is 6.61. The molecule has 5 heteroatoms. The number of nitrogens with two attached hydrogens (primary N) is 1. The fraction of sp³-hybridized carbons (Fsp3) is 0.368. The highest BCUT2D eigenvalue weighted by Crippen LogP contribution is 2.28. The molecule has 3 N–H and O–H groups in total. The lowest BCUT2D eigenvalue weighted by molar-refractivity contribution is 0.206. The quantitative estimate of drug-likeness (QED) is 0.723. The third-order valence-electron chi connectivity index (χ3n) is 3.90. The van der Waals surface area contributed by atoms with Crippen molar-refractivity contribution >= 4 is 11.0 Å². The minimum atomic E-state index is -0.345. The van der Waals surface area contributed by atoms with Gasteiger partial charge in [0.1, 0.15) is 18.0 Å². The number of H-pyrrole nitrogens is 1. The number of nitrogens with zero attached hydrogens (tertiary/aromatic N) is 2. The first-order chi connectivity index (χ1) is 11.4. The molecule has 3 aromatic rings. The number of aromatic nitrogens is 3. The van der Waals surface area contributed by atoms with Crippen LogP contribution in [0.5, 0.6) is 5.75 Å². The highest BCUT2D eigenvalue weighted by atomic mass is 16.5. The molecule has 0 unspecified atom stereocenters. The molecule has 0 aliphatic carbocycles. The van der Waals surface area contributed by atoms with Crippen molar-refractivity contribution in [1.29, 1.82) is 0 Å². The van der Waals surface area contributed by atoms with Crippen LogP contribution in [0.15, 0.2) is 42.9 Å². The summed E-state index contributed by atoms with van der Waals surface area (Å²) in [5.74, 6) is 1.31. The lowest BCUT2D eigenvalue weighted by Crippen LogP contribution is -2.43. The molecule has 0 spiro atoms. The third-order valence-corrected chi connectivity index (χ3v) is 3.90. The molecule has 24 heavy (non-hydrogen) atoms. The molecular weight excluding hydrogens is 300 g/mol. The van der Waals surface area contributed by atoms with Crippen molar-refractivity contribution in [2.75, 3.05) is 6.61 Å². The van der Waals surface area contributed by atoms with Crippen LogP contribution >= 0.6 is 0 Å². The van der Waals surface area contributed by atoms with Gasteiger partial charge in [0.2, 0.25) is 0 Å². The number of hydrogen-bond donors (Lipinski definition) is 2. The molecule has 0 aromatic carbocycles. The monoisotopic (exact) mass is 324 g/mol. The number of ether oxygens (including phenoxy) is 1. The van der Waals surface area contributed by atoms with E-state index in [4.69, 9.17) is 10.5 Å². The van der Waals surface area contributed by atoms with E-state index < -0.39 is 0 Å². The largest absolute Gasteiger partial charge is 0.492 e. The van der Waals surface area contributed by atoms with Crippen molar-refractivity contribution in [3.05, 3.63) is 42.9 Å². The zero-order chi connectivity index (χ0) is 17.2. The van der Waals surface area contributed by atoms with Gasteiger partial charge in [-0.15, -0.1) is 0 Å². The number of hydrogen-bond acceptors (Lipinski definition) is 4. The maximum atomic E-state index is 6.32. The second-order valence-corrected chi connectivity index (χ2v) is 7.02. The number of nitrogens with one attached hydrogen (secondary N) is 1. The van der Waals surface area contributed by atoms with Gasteiger partial charge in [-0.3, -0.25) is 4.98 Å². The predicted molar refractivity (Wildman–Crippen MR) is 96.9 cm³/mol. The van der Waals surface area contributed by atoms with E-state index in [-0.39, 0.29) is 5.54 Å². The molecule has 1 atom stereocenters. The molecule has 0 amide bonds. The summed E-state index contributed by atoms with van der Waals surface area (Å²) in [4.78, 5) is 12.0. The van der Waals surface area contributed by atoms with Crippen LogP contribution in [-0.2, 0) is 0 Å².